The Kier molecular flexibility index (Phi) is 3.67. The van der Waals surface area contributed by atoms with E-state index >= 15 is 0 Å². The number of anilines is 1. The van der Waals surface area contributed by atoms with E-state index in [2.05, 4.69) is 18.9 Å². The van der Waals surface area contributed by atoms with E-state index in [9.17, 15) is 4.39 Å². The molecule has 0 atom stereocenters. The van der Waals surface area contributed by atoms with Gasteiger partial charge in [-0.2, -0.15) is 0 Å². The maximum atomic E-state index is 12.9. The van der Waals surface area contributed by atoms with E-state index in [4.69, 9.17) is 0 Å². The van der Waals surface area contributed by atoms with E-state index in [0.717, 1.165) is 18.8 Å². The molecule has 0 amide bonds. The Labute approximate surface area is 103 Å². The van der Waals surface area contributed by atoms with Crippen molar-refractivity contribution in [2.75, 3.05) is 44.7 Å². The Bertz CT molecular complexity index is 353. The van der Waals surface area contributed by atoms with E-state index in [1.807, 2.05) is 12.1 Å². The van der Waals surface area contributed by atoms with Crippen molar-refractivity contribution in [2.24, 2.45) is 0 Å². The molecule has 1 aliphatic rings. The van der Waals surface area contributed by atoms with Crippen LogP contribution in [0.25, 0.3) is 0 Å². The van der Waals surface area contributed by atoms with Crippen LogP contribution in [0.2, 0.25) is 0 Å². The van der Waals surface area contributed by atoms with Crippen LogP contribution >= 0.6 is 0 Å². The highest BCUT2D eigenvalue weighted by Gasteiger charge is 2.27. The highest BCUT2D eigenvalue weighted by Crippen LogP contribution is 2.19. The molecule has 3 heteroatoms. The lowest BCUT2D eigenvalue weighted by Gasteiger charge is -2.42. The van der Waals surface area contributed by atoms with Crippen LogP contribution in [-0.4, -0.2) is 44.3 Å². The van der Waals surface area contributed by atoms with Gasteiger partial charge in [-0.1, -0.05) is 6.92 Å². The lowest BCUT2D eigenvalue weighted by molar-refractivity contribution is -0.910. The highest BCUT2D eigenvalue weighted by atomic mass is 19.1. The topological polar surface area (TPSA) is 3.24 Å². The number of nitrogens with zero attached hydrogens (tertiary/aromatic N) is 2. The summed E-state index contributed by atoms with van der Waals surface area (Å²) in [6.07, 6.45) is 1.24. The van der Waals surface area contributed by atoms with Crippen molar-refractivity contribution < 1.29 is 8.87 Å². The number of rotatable bonds is 3. The van der Waals surface area contributed by atoms with Gasteiger partial charge in [-0.05, 0) is 30.7 Å². The average molecular weight is 237 g/mol. The number of halogens is 1. The lowest BCUT2D eigenvalue weighted by atomic mass is 10.2. The summed E-state index contributed by atoms with van der Waals surface area (Å²) in [4.78, 5) is 2.36. The molecule has 1 aromatic carbocycles. The van der Waals surface area contributed by atoms with Gasteiger partial charge in [-0.25, -0.2) is 4.39 Å². The predicted octanol–water partition coefficient (Wildman–Crippen LogP) is 2.50. The van der Waals surface area contributed by atoms with Gasteiger partial charge in [0.25, 0.3) is 0 Å². The number of piperazine rings is 1. The molecule has 1 heterocycles. The van der Waals surface area contributed by atoms with Crippen LogP contribution in [0.1, 0.15) is 13.3 Å². The van der Waals surface area contributed by atoms with Crippen LogP contribution in [0, 0.1) is 5.82 Å². The van der Waals surface area contributed by atoms with E-state index in [1.165, 1.54) is 30.5 Å². The molecular formula is C14H22FN2+. The molecule has 2 rings (SSSR count). The maximum absolute atomic E-state index is 12.9. The smallest absolute Gasteiger partial charge is 0.123 e. The first kappa shape index (κ1) is 12.4. The highest BCUT2D eigenvalue weighted by molar-refractivity contribution is 5.46. The molecule has 1 aromatic rings. The number of quaternary nitrogens is 1. The van der Waals surface area contributed by atoms with Crippen molar-refractivity contribution >= 4 is 5.69 Å². The van der Waals surface area contributed by atoms with Gasteiger partial charge in [0.1, 0.15) is 5.82 Å². The molecule has 94 valence electrons. The summed E-state index contributed by atoms with van der Waals surface area (Å²) in [5.41, 5.74) is 1.15. The number of hydrogen-bond donors (Lipinski definition) is 0. The largest absolute Gasteiger partial charge is 0.360 e. The summed E-state index contributed by atoms with van der Waals surface area (Å²) >= 11 is 0. The fraction of sp³-hybridized carbons (Fsp3) is 0.571. The van der Waals surface area contributed by atoms with Gasteiger partial charge in [0.2, 0.25) is 0 Å². The molecule has 17 heavy (non-hydrogen) atoms. The van der Waals surface area contributed by atoms with E-state index in [1.54, 1.807) is 12.1 Å². The maximum Gasteiger partial charge on any atom is 0.123 e. The van der Waals surface area contributed by atoms with Gasteiger partial charge in [0, 0.05) is 5.69 Å². The quantitative estimate of drug-likeness (QED) is 0.730. The summed E-state index contributed by atoms with van der Waals surface area (Å²) in [5, 5.41) is 0. The Morgan fingerprint density at radius 1 is 1.18 bits per heavy atom. The van der Waals surface area contributed by atoms with Crippen LogP contribution in [0.15, 0.2) is 24.3 Å². The van der Waals surface area contributed by atoms with Gasteiger partial charge in [0.05, 0.1) is 39.8 Å². The van der Waals surface area contributed by atoms with Gasteiger partial charge in [-0.15, -0.1) is 0 Å². The molecule has 0 spiro atoms. The second-order valence-corrected chi connectivity index (χ2v) is 5.25. The Hall–Kier alpha value is -1.09. The number of hydrogen-bond acceptors (Lipinski definition) is 1. The Morgan fingerprint density at radius 3 is 2.29 bits per heavy atom. The van der Waals surface area contributed by atoms with Crippen molar-refractivity contribution in [1.29, 1.82) is 0 Å². The standard InChI is InChI=1S/C14H22FN2/c1-3-10-17(2)11-8-16(9-12-17)14-6-4-13(15)5-7-14/h4-7H,3,8-12H2,1-2H3/q+1. The predicted molar refractivity (Wildman–Crippen MR) is 69.7 cm³/mol. The number of benzene rings is 1. The van der Waals surface area contributed by atoms with Crippen LogP contribution in [-0.2, 0) is 0 Å². The van der Waals surface area contributed by atoms with Crippen LogP contribution in [0.5, 0.6) is 0 Å². The fourth-order valence-corrected chi connectivity index (χ4v) is 2.62. The minimum Gasteiger partial charge on any atom is -0.360 e. The van der Waals surface area contributed by atoms with Crippen LogP contribution in [0.3, 0.4) is 0 Å². The zero-order chi connectivity index (χ0) is 12.3. The molecule has 0 aromatic heterocycles. The first-order valence-corrected chi connectivity index (χ1v) is 6.47. The van der Waals surface area contributed by atoms with Gasteiger partial charge in [-0.3, -0.25) is 0 Å². The first-order chi connectivity index (χ1) is 8.13. The van der Waals surface area contributed by atoms with Crippen molar-refractivity contribution in [1.82, 2.24) is 0 Å². The summed E-state index contributed by atoms with van der Waals surface area (Å²) in [6, 6.07) is 6.85. The molecule has 1 fully saturated rings. The summed E-state index contributed by atoms with van der Waals surface area (Å²) < 4.78 is 14.0. The monoisotopic (exact) mass is 237 g/mol. The van der Waals surface area contributed by atoms with Gasteiger partial charge >= 0.3 is 0 Å². The zero-order valence-electron chi connectivity index (χ0n) is 10.8. The van der Waals surface area contributed by atoms with Crippen LogP contribution in [0.4, 0.5) is 10.1 Å². The average Bonchev–Trinajstić information content (AvgIpc) is 2.31. The van der Waals surface area contributed by atoms with Crippen molar-refractivity contribution in [2.45, 2.75) is 13.3 Å². The van der Waals surface area contributed by atoms with Gasteiger partial charge < -0.3 is 9.38 Å². The zero-order valence-corrected chi connectivity index (χ0v) is 10.8. The second-order valence-electron chi connectivity index (χ2n) is 5.25. The SMILES string of the molecule is CCC[N+]1(C)CCN(c2ccc(F)cc2)CC1. The summed E-state index contributed by atoms with van der Waals surface area (Å²) in [6.45, 7) is 8.02. The summed E-state index contributed by atoms with van der Waals surface area (Å²) in [5.74, 6) is -0.155. The third kappa shape index (κ3) is 2.97. The van der Waals surface area contributed by atoms with E-state index in [0.29, 0.717) is 0 Å². The molecule has 1 aliphatic heterocycles. The molecule has 0 saturated carbocycles. The minimum absolute atomic E-state index is 0.155. The molecule has 0 radical (unpaired) electrons. The second kappa shape index (κ2) is 5.05. The van der Waals surface area contributed by atoms with Gasteiger partial charge in [0.15, 0.2) is 0 Å². The Morgan fingerprint density at radius 2 is 1.76 bits per heavy atom. The van der Waals surface area contributed by atoms with E-state index < -0.39 is 0 Å². The molecule has 0 bridgehead atoms. The Balaban J connectivity index is 1.97. The summed E-state index contributed by atoms with van der Waals surface area (Å²) in [7, 11) is 2.34. The fourth-order valence-electron chi connectivity index (χ4n) is 2.62. The molecule has 0 N–H and O–H groups in total. The first-order valence-electron chi connectivity index (χ1n) is 6.47. The normalized spacial score (nSPS) is 19.4. The van der Waals surface area contributed by atoms with Crippen LogP contribution < -0.4 is 4.90 Å². The minimum atomic E-state index is -0.155. The molecule has 1 saturated heterocycles. The van der Waals surface area contributed by atoms with Crippen molar-refractivity contribution in [3.63, 3.8) is 0 Å². The third-order valence-corrected chi connectivity index (χ3v) is 3.77. The van der Waals surface area contributed by atoms with E-state index in [-0.39, 0.29) is 5.82 Å². The van der Waals surface area contributed by atoms with Crippen molar-refractivity contribution in [3.05, 3.63) is 30.1 Å². The van der Waals surface area contributed by atoms with Crippen molar-refractivity contribution in [3.8, 4) is 0 Å². The molecular weight excluding hydrogens is 215 g/mol. The number of likely N-dealkylation sites (N-methyl/N-ethyl adjacent to an activating group) is 1. The molecule has 0 aliphatic carbocycles. The molecule has 0 unspecified atom stereocenters. The lowest BCUT2D eigenvalue weighted by Crippen LogP contribution is -2.57. The molecule has 2 nitrogen and oxygen atoms in total. The third-order valence-electron chi connectivity index (χ3n) is 3.77.